The molecule has 0 saturated heterocycles. The van der Waals surface area contributed by atoms with E-state index in [1.54, 1.807) is 11.8 Å². The molecule has 0 spiro atoms. The number of hydrogen-bond acceptors (Lipinski definition) is 3. The van der Waals surface area contributed by atoms with Crippen molar-refractivity contribution in [3.05, 3.63) is 0 Å². The van der Waals surface area contributed by atoms with E-state index in [-0.39, 0.29) is 18.6 Å². The molecule has 1 saturated carbocycles. The van der Waals surface area contributed by atoms with E-state index in [4.69, 9.17) is 0 Å². The van der Waals surface area contributed by atoms with Gasteiger partial charge in [-0.25, -0.2) is 4.79 Å². The second-order valence-corrected chi connectivity index (χ2v) is 7.21. The first-order valence-electron chi connectivity index (χ1n) is 7.85. The van der Waals surface area contributed by atoms with E-state index in [1.165, 1.54) is 0 Å². The summed E-state index contributed by atoms with van der Waals surface area (Å²) in [5.74, 6) is 1.11. The smallest absolute Gasteiger partial charge is 0.315 e. The molecule has 1 rings (SSSR count). The van der Waals surface area contributed by atoms with Crippen LogP contribution in [0.3, 0.4) is 0 Å². The average molecular weight is 316 g/mol. The van der Waals surface area contributed by atoms with Gasteiger partial charge in [-0.3, -0.25) is 4.79 Å². The first kappa shape index (κ1) is 18.1. The van der Waals surface area contributed by atoms with Crippen LogP contribution in [-0.2, 0) is 4.79 Å². The van der Waals surface area contributed by atoms with Crippen molar-refractivity contribution >= 4 is 23.8 Å². The van der Waals surface area contributed by atoms with Gasteiger partial charge in [0.05, 0.1) is 5.41 Å². The number of carbonyl (C=O) groups is 2. The number of nitrogens with one attached hydrogen (secondary N) is 2. The summed E-state index contributed by atoms with van der Waals surface area (Å²) in [6.07, 6.45) is 5.35. The number of rotatable bonds is 7. The molecule has 1 unspecified atom stereocenters. The molecule has 1 aliphatic rings. The van der Waals surface area contributed by atoms with Crippen molar-refractivity contribution in [2.24, 2.45) is 5.41 Å². The van der Waals surface area contributed by atoms with Gasteiger partial charge in [0.1, 0.15) is 0 Å². The molecule has 0 heterocycles. The van der Waals surface area contributed by atoms with Gasteiger partial charge in [0.25, 0.3) is 0 Å². The molecular formula is C15H28N2O3S. The van der Waals surface area contributed by atoms with Crippen LogP contribution >= 0.6 is 11.8 Å². The molecule has 5 nitrogen and oxygen atoms in total. The minimum Gasteiger partial charge on any atom is -0.481 e. The Morgan fingerprint density at radius 2 is 1.86 bits per heavy atom. The molecule has 122 valence electrons. The van der Waals surface area contributed by atoms with Crippen molar-refractivity contribution in [3.8, 4) is 0 Å². The summed E-state index contributed by atoms with van der Waals surface area (Å²) in [4.78, 5) is 23.5. The Morgan fingerprint density at radius 3 is 2.38 bits per heavy atom. The number of carboxylic acids is 1. The highest BCUT2D eigenvalue weighted by molar-refractivity contribution is 7.99. The van der Waals surface area contributed by atoms with Crippen molar-refractivity contribution in [3.63, 3.8) is 0 Å². The summed E-state index contributed by atoms with van der Waals surface area (Å²) in [5.41, 5.74) is -0.782. The van der Waals surface area contributed by atoms with Gasteiger partial charge in [0.2, 0.25) is 0 Å². The fourth-order valence-electron chi connectivity index (χ4n) is 2.73. The molecular weight excluding hydrogens is 288 g/mol. The molecule has 1 atom stereocenters. The first-order chi connectivity index (χ1) is 10.00. The maximum atomic E-state index is 11.9. The van der Waals surface area contributed by atoms with Crippen LogP contribution in [0.15, 0.2) is 0 Å². The Morgan fingerprint density at radius 1 is 1.24 bits per heavy atom. The highest BCUT2D eigenvalue weighted by Crippen LogP contribution is 2.34. The van der Waals surface area contributed by atoms with Crippen LogP contribution in [0.5, 0.6) is 0 Å². The van der Waals surface area contributed by atoms with E-state index >= 15 is 0 Å². The van der Waals surface area contributed by atoms with E-state index in [1.807, 2.05) is 6.92 Å². The number of carbonyl (C=O) groups excluding carboxylic acids is 1. The minimum atomic E-state index is -0.782. The van der Waals surface area contributed by atoms with Gasteiger partial charge < -0.3 is 15.7 Å². The van der Waals surface area contributed by atoms with E-state index < -0.39 is 11.4 Å². The Balaban J connectivity index is 2.45. The van der Waals surface area contributed by atoms with Crippen molar-refractivity contribution < 1.29 is 14.7 Å². The minimum absolute atomic E-state index is 0.0878. The van der Waals surface area contributed by atoms with Crippen molar-refractivity contribution in [1.82, 2.24) is 10.6 Å². The number of aliphatic carboxylic acids is 1. The van der Waals surface area contributed by atoms with Crippen LogP contribution in [0.1, 0.15) is 52.4 Å². The van der Waals surface area contributed by atoms with Gasteiger partial charge >= 0.3 is 12.0 Å². The first-order valence-corrected chi connectivity index (χ1v) is 9.01. The van der Waals surface area contributed by atoms with E-state index in [0.29, 0.717) is 12.8 Å². The molecule has 0 bridgehead atoms. The Kier molecular flexibility index (Phi) is 7.93. The lowest BCUT2D eigenvalue weighted by Gasteiger charge is -2.28. The fourth-order valence-corrected chi connectivity index (χ4v) is 3.40. The zero-order valence-corrected chi connectivity index (χ0v) is 13.9. The molecule has 0 aromatic rings. The van der Waals surface area contributed by atoms with Gasteiger partial charge in [-0.2, -0.15) is 11.8 Å². The van der Waals surface area contributed by atoms with Crippen molar-refractivity contribution in [2.45, 2.75) is 58.4 Å². The fraction of sp³-hybridized carbons (Fsp3) is 0.867. The Labute approximate surface area is 131 Å². The average Bonchev–Trinajstić information content (AvgIpc) is 2.69. The molecule has 2 amide bonds. The third kappa shape index (κ3) is 6.16. The summed E-state index contributed by atoms with van der Waals surface area (Å²) >= 11 is 1.77. The zero-order chi connectivity index (χ0) is 15.7. The van der Waals surface area contributed by atoms with Crippen LogP contribution in [0.2, 0.25) is 0 Å². The third-order valence-electron chi connectivity index (χ3n) is 4.05. The quantitative estimate of drug-likeness (QED) is 0.631. The molecule has 0 radical (unpaired) electrons. The monoisotopic (exact) mass is 316 g/mol. The second kappa shape index (κ2) is 9.18. The van der Waals surface area contributed by atoms with Crippen molar-refractivity contribution in [1.29, 1.82) is 0 Å². The van der Waals surface area contributed by atoms with Crippen LogP contribution < -0.4 is 10.6 Å². The Bertz CT molecular complexity index is 342. The summed E-state index contributed by atoms with van der Waals surface area (Å²) < 4.78 is 0. The maximum absolute atomic E-state index is 11.9. The van der Waals surface area contributed by atoms with E-state index in [2.05, 4.69) is 17.6 Å². The van der Waals surface area contributed by atoms with Crippen LogP contribution in [0.4, 0.5) is 4.79 Å². The number of hydrogen-bond donors (Lipinski definition) is 3. The number of urea groups is 1. The highest BCUT2D eigenvalue weighted by atomic mass is 32.2. The molecule has 21 heavy (non-hydrogen) atoms. The van der Waals surface area contributed by atoms with E-state index in [9.17, 15) is 14.7 Å². The molecule has 1 aliphatic carbocycles. The number of thioether (sulfide) groups is 1. The number of carboxylic acid groups (broad SMARTS) is 1. The summed E-state index contributed by atoms with van der Waals surface area (Å²) in [6.45, 7) is 4.27. The molecule has 3 N–H and O–H groups in total. The molecule has 1 fully saturated rings. The Hall–Kier alpha value is -0.910. The summed E-state index contributed by atoms with van der Waals surface area (Å²) in [5, 5.41) is 15.2. The highest BCUT2D eigenvalue weighted by Gasteiger charge is 2.38. The molecule has 0 aromatic carbocycles. The zero-order valence-electron chi connectivity index (χ0n) is 13.1. The summed E-state index contributed by atoms with van der Waals surface area (Å²) in [7, 11) is 0. The normalized spacial score (nSPS) is 19.3. The molecule has 0 aliphatic heterocycles. The van der Waals surface area contributed by atoms with Gasteiger partial charge in [-0.05, 0) is 25.5 Å². The van der Waals surface area contributed by atoms with E-state index in [0.717, 1.165) is 37.2 Å². The van der Waals surface area contributed by atoms with Gasteiger partial charge in [-0.1, -0.05) is 32.6 Å². The predicted octanol–water partition coefficient (Wildman–Crippen LogP) is 2.85. The van der Waals surface area contributed by atoms with Gasteiger partial charge in [0.15, 0.2) is 0 Å². The maximum Gasteiger partial charge on any atom is 0.315 e. The molecule has 6 heteroatoms. The standard InChI is InChI=1S/C15H28N2O3S/c1-3-21-10-12(2)17-14(20)16-11-15(13(18)19)8-6-4-5-7-9-15/h12H,3-11H2,1-2H3,(H,18,19)(H2,16,17,20). The van der Waals surface area contributed by atoms with Crippen LogP contribution in [0, 0.1) is 5.41 Å². The van der Waals surface area contributed by atoms with Crippen LogP contribution in [-0.4, -0.2) is 41.2 Å². The lowest BCUT2D eigenvalue weighted by Crippen LogP contribution is -2.48. The van der Waals surface area contributed by atoms with Gasteiger partial charge in [-0.15, -0.1) is 0 Å². The van der Waals surface area contributed by atoms with Crippen molar-refractivity contribution in [2.75, 3.05) is 18.1 Å². The second-order valence-electron chi connectivity index (χ2n) is 5.89. The predicted molar refractivity (Wildman–Crippen MR) is 86.8 cm³/mol. The topological polar surface area (TPSA) is 78.4 Å². The van der Waals surface area contributed by atoms with Crippen LogP contribution in [0.25, 0.3) is 0 Å². The molecule has 0 aromatic heterocycles. The number of amides is 2. The van der Waals surface area contributed by atoms with Gasteiger partial charge in [0, 0.05) is 18.3 Å². The largest absolute Gasteiger partial charge is 0.481 e. The SMILES string of the molecule is CCSCC(C)NC(=O)NCC1(C(=O)O)CCCCCC1. The lowest BCUT2D eigenvalue weighted by atomic mass is 9.80. The lowest BCUT2D eigenvalue weighted by molar-refractivity contribution is -0.149. The summed E-state index contributed by atoms with van der Waals surface area (Å²) in [6, 6.07) is -0.172. The third-order valence-corrected chi connectivity index (χ3v) is 5.20.